The second-order valence-corrected chi connectivity index (χ2v) is 5.22. The lowest BCUT2D eigenvalue weighted by Gasteiger charge is -2.38. The molecule has 0 atom stereocenters. The van der Waals surface area contributed by atoms with Crippen molar-refractivity contribution in [1.29, 1.82) is 0 Å². The second kappa shape index (κ2) is 6.33. The summed E-state index contributed by atoms with van der Waals surface area (Å²) in [6.45, 7) is -0.610. The number of likely N-dealkylation sites (tertiary alicyclic amines) is 1. The predicted molar refractivity (Wildman–Crippen MR) is 78.1 cm³/mol. The Morgan fingerprint density at radius 3 is 2.91 bits per heavy atom. The van der Waals surface area contributed by atoms with Crippen molar-refractivity contribution in [1.82, 2.24) is 9.88 Å². The maximum atomic E-state index is 12.0. The molecule has 1 N–H and O–H groups in total. The van der Waals surface area contributed by atoms with E-state index in [2.05, 4.69) is 15.0 Å². The third-order valence-corrected chi connectivity index (χ3v) is 3.58. The number of aromatic nitrogens is 1. The highest BCUT2D eigenvalue weighted by Crippen LogP contribution is 2.26. The molecule has 23 heavy (non-hydrogen) atoms. The van der Waals surface area contributed by atoms with Gasteiger partial charge in [-0.1, -0.05) is 6.07 Å². The van der Waals surface area contributed by atoms with Crippen molar-refractivity contribution in [3.05, 3.63) is 36.2 Å². The highest BCUT2D eigenvalue weighted by molar-refractivity contribution is 5.90. The number of hydrogen-bond donors (Lipinski definition) is 1. The number of amides is 2. The predicted octanol–water partition coefficient (Wildman–Crippen LogP) is 3.11. The fourth-order valence-corrected chi connectivity index (χ4v) is 2.32. The quantitative estimate of drug-likeness (QED) is 0.939. The van der Waals surface area contributed by atoms with Crippen LogP contribution in [0.1, 0.15) is 5.56 Å². The molecule has 2 aromatic rings. The molecule has 8 heteroatoms. The first-order valence-electron chi connectivity index (χ1n) is 7.03. The number of benzene rings is 1. The number of ether oxygens (including phenoxy) is 1. The Morgan fingerprint density at radius 1 is 1.48 bits per heavy atom. The van der Waals surface area contributed by atoms with Crippen molar-refractivity contribution in [3.63, 3.8) is 0 Å². The van der Waals surface area contributed by atoms with Gasteiger partial charge in [-0.2, -0.15) is 8.78 Å². The summed E-state index contributed by atoms with van der Waals surface area (Å²) in [6.07, 6.45) is 2.41. The molecular formula is C15H15F2N3O3. The second-order valence-electron chi connectivity index (χ2n) is 5.22. The Kier molecular flexibility index (Phi) is 4.24. The van der Waals surface area contributed by atoms with Gasteiger partial charge in [-0.05, 0) is 24.6 Å². The van der Waals surface area contributed by atoms with Gasteiger partial charge < -0.3 is 19.4 Å². The molecule has 1 aliphatic rings. The topological polar surface area (TPSA) is 67.6 Å². The van der Waals surface area contributed by atoms with E-state index < -0.39 is 12.7 Å². The van der Waals surface area contributed by atoms with Gasteiger partial charge in [-0.15, -0.1) is 0 Å². The number of aryl methyl sites for hydroxylation is 1. The monoisotopic (exact) mass is 323 g/mol. The van der Waals surface area contributed by atoms with E-state index in [4.69, 9.17) is 4.42 Å². The molecule has 1 fully saturated rings. The molecule has 1 aromatic carbocycles. The minimum Gasteiger partial charge on any atom is -0.445 e. The van der Waals surface area contributed by atoms with Crippen molar-refractivity contribution in [2.75, 3.05) is 18.4 Å². The van der Waals surface area contributed by atoms with E-state index in [9.17, 15) is 13.6 Å². The van der Waals surface area contributed by atoms with Crippen LogP contribution in [0.5, 0.6) is 0 Å². The van der Waals surface area contributed by atoms with Crippen LogP contribution in [0.2, 0.25) is 0 Å². The molecule has 122 valence electrons. The Balaban J connectivity index is 1.63. The van der Waals surface area contributed by atoms with Crippen LogP contribution in [-0.2, 0) is 4.74 Å². The van der Waals surface area contributed by atoms with Gasteiger partial charge in [0.15, 0.2) is 0 Å². The van der Waals surface area contributed by atoms with E-state index in [1.807, 2.05) is 13.0 Å². The summed E-state index contributed by atoms with van der Waals surface area (Å²) in [5.74, 6) is 0.466. The van der Waals surface area contributed by atoms with E-state index in [0.717, 1.165) is 11.1 Å². The molecule has 1 saturated heterocycles. The van der Waals surface area contributed by atoms with Gasteiger partial charge in [-0.25, -0.2) is 9.78 Å². The molecule has 0 radical (unpaired) electrons. The van der Waals surface area contributed by atoms with Gasteiger partial charge in [0.1, 0.15) is 6.26 Å². The van der Waals surface area contributed by atoms with Crippen molar-refractivity contribution in [2.24, 2.45) is 0 Å². The number of carbonyl (C=O) groups is 1. The molecule has 0 spiro atoms. The Morgan fingerprint density at radius 2 is 2.26 bits per heavy atom. The highest BCUT2D eigenvalue weighted by Gasteiger charge is 2.33. The first-order chi connectivity index (χ1) is 11.0. The molecule has 2 heterocycles. The minimum absolute atomic E-state index is 0.147. The number of hydrogen-bond acceptors (Lipinski definition) is 4. The number of anilines is 1. The maximum Gasteiger partial charge on any atom is 0.345 e. The molecule has 1 aromatic heterocycles. The SMILES string of the molecule is Cc1ccc(NC(=O)N2CC(OC(F)F)C2)cc1-c1ncco1. The molecule has 0 bridgehead atoms. The lowest BCUT2D eigenvalue weighted by Crippen LogP contribution is -2.56. The van der Waals surface area contributed by atoms with Crippen LogP contribution in [0, 0.1) is 6.92 Å². The largest absolute Gasteiger partial charge is 0.445 e. The van der Waals surface area contributed by atoms with Crippen molar-refractivity contribution < 1.29 is 22.7 Å². The van der Waals surface area contributed by atoms with Crippen molar-refractivity contribution >= 4 is 11.7 Å². The number of oxazole rings is 1. The lowest BCUT2D eigenvalue weighted by molar-refractivity contribution is -0.188. The molecule has 3 rings (SSSR count). The molecule has 1 aliphatic heterocycles. The number of nitrogens with one attached hydrogen (secondary N) is 1. The average Bonchev–Trinajstić information content (AvgIpc) is 2.98. The Labute approximate surface area is 131 Å². The van der Waals surface area contributed by atoms with E-state index in [-0.39, 0.29) is 19.1 Å². The van der Waals surface area contributed by atoms with Crippen molar-refractivity contribution in [3.8, 4) is 11.5 Å². The van der Waals surface area contributed by atoms with Crippen LogP contribution in [0.25, 0.3) is 11.5 Å². The normalized spacial score (nSPS) is 14.9. The van der Waals surface area contributed by atoms with E-state index in [0.29, 0.717) is 11.6 Å². The first-order valence-corrected chi connectivity index (χ1v) is 7.03. The zero-order chi connectivity index (χ0) is 16.4. The van der Waals surface area contributed by atoms with Gasteiger partial charge in [0, 0.05) is 11.3 Å². The number of rotatable bonds is 4. The standard InChI is InChI=1S/C15H15F2N3O3/c1-9-2-3-10(6-12(9)13-18-4-5-22-13)19-15(21)20-7-11(8-20)23-14(16)17/h2-6,11,14H,7-8H2,1H3,(H,19,21). The van der Waals surface area contributed by atoms with E-state index in [1.165, 1.54) is 11.2 Å². The summed E-state index contributed by atoms with van der Waals surface area (Å²) in [7, 11) is 0. The van der Waals surface area contributed by atoms with Gasteiger partial charge in [0.25, 0.3) is 0 Å². The average molecular weight is 323 g/mol. The number of alkyl halides is 2. The summed E-state index contributed by atoms with van der Waals surface area (Å²) in [5, 5.41) is 2.72. The van der Waals surface area contributed by atoms with Gasteiger partial charge in [-0.3, -0.25) is 0 Å². The van der Waals surface area contributed by atoms with Crippen LogP contribution in [-0.4, -0.2) is 41.7 Å². The van der Waals surface area contributed by atoms with E-state index in [1.54, 1.807) is 18.3 Å². The Hall–Kier alpha value is -2.48. The number of nitrogens with zero attached hydrogens (tertiary/aromatic N) is 2. The third-order valence-electron chi connectivity index (χ3n) is 3.58. The van der Waals surface area contributed by atoms with Crippen molar-refractivity contribution in [2.45, 2.75) is 19.6 Å². The van der Waals surface area contributed by atoms with Crippen LogP contribution < -0.4 is 5.32 Å². The molecule has 0 unspecified atom stereocenters. The zero-order valence-electron chi connectivity index (χ0n) is 12.3. The summed E-state index contributed by atoms with van der Waals surface area (Å²) < 4.78 is 33.7. The van der Waals surface area contributed by atoms with Gasteiger partial charge >= 0.3 is 12.6 Å². The van der Waals surface area contributed by atoms with Crippen LogP contribution in [0.4, 0.5) is 19.3 Å². The van der Waals surface area contributed by atoms with E-state index >= 15 is 0 Å². The number of carbonyl (C=O) groups excluding carboxylic acids is 1. The first kappa shape index (κ1) is 15.4. The summed E-state index contributed by atoms with van der Waals surface area (Å²) >= 11 is 0. The zero-order valence-corrected chi connectivity index (χ0v) is 12.3. The smallest absolute Gasteiger partial charge is 0.345 e. The van der Waals surface area contributed by atoms with Crippen LogP contribution in [0.3, 0.4) is 0 Å². The van der Waals surface area contributed by atoms with Crippen LogP contribution >= 0.6 is 0 Å². The van der Waals surface area contributed by atoms with Crippen LogP contribution in [0.15, 0.2) is 35.1 Å². The van der Waals surface area contributed by atoms with Gasteiger partial charge in [0.05, 0.1) is 25.4 Å². The fraction of sp³-hybridized carbons (Fsp3) is 0.333. The molecular weight excluding hydrogens is 308 g/mol. The summed E-state index contributed by atoms with van der Waals surface area (Å²) in [6, 6.07) is 4.99. The van der Waals surface area contributed by atoms with Gasteiger partial charge in [0.2, 0.25) is 5.89 Å². The maximum absolute atomic E-state index is 12.0. The summed E-state index contributed by atoms with van der Waals surface area (Å²) in [5.41, 5.74) is 2.31. The number of halogens is 2. The molecule has 2 amide bonds. The fourth-order valence-electron chi connectivity index (χ4n) is 2.32. The molecule has 6 nitrogen and oxygen atoms in total. The number of urea groups is 1. The third kappa shape index (κ3) is 3.48. The highest BCUT2D eigenvalue weighted by atomic mass is 19.3. The molecule has 0 aliphatic carbocycles. The Bertz CT molecular complexity index is 685. The summed E-state index contributed by atoms with van der Waals surface area (Å²) in [4.78, 5) is 17.5. The molecule has 0 saturated carbocycles. The lowest BCUT2D eigenvalue weighted by atomic mass is 10.1. The minimum atomic E-state index is -2.81.